The van der Waals surface area contributed by atoms with Gasteiger partial charge in [-0.3, -0.25) is 4.99 Å². The normalized spacial score (nSPS) is 10.9. The molecule has 0 aliphatic carbocycles. The molecule has 4 nitrogen and oxygen atoms in total. The van der Waals surface area contributed by atoms with Crippen LogP contribution in [-0.4, -0.2) is 20.4 Å². The van der Waals surface area contributed by atoms with Gasteiger partial charge in [-0.15, -0.1) is 0 Å². The Morgan fingerprint density at radius 3 is 2.32 bits per heavy atom. The molecule has 28 heavy (non-hydrogen) atoms. The van der Waals surface area contributed by atoms with Crippen molar-refractivity contribution in [1.82, 2.24) is 0 Å². The van der Waals surface area contributed by atoms with E-state index in [0.717, 1.165) is 26.1 Å². The molecule has 144 valence electrons. The fraction of sp³-hybridized carbons (Fsp3) is 0.136. The third-order valence-electron chi connectivity index (χ3n) is 3.98. The van der Waals surface area contributed by atoms with E-state index in [1.165, 1.54) is 12.1 Å². The molecular formula is C22H19FINO3. The maximum absolute atomic E-state index is 13.0. The van der Waals surface area contributed by atoms with Crippen molar-refractivity contribution in [3.8, 4) is 17.2 Å². The van der Waals surface area contributed by atoms with Gasteiger partial charge < -0.3 is 14.2 Å². The van der Waals surface area contributed by atoms with E-state index in [2.05, 4.69) is 27.6 Å². The van der Waals surface area contributed by atoms with Gasteiger partial charge in [0.1, 0.15) is 18.2 Å². The standard InChI is InChI=1S/C22H19FINO3/c1-26-19-9-7-18(8-10-19)25-13-16-11-20(24)22(21(12-16)27-2)28-14-15-3-5-17(23)6-4-15/h3-13H,14H2,1-2H3. The molecule has 0 radical (unpaired) electrons. The van der Waals surface area contributed by atoms with Crippen molar-refractivity contribution in [2.75, 3.05) is 14.2 Å². The molecule has 0 aliphatic heterocycles. The van der Waals surface area contributed by atoms with Crippen LogP contribution < -0.4 is 14.2 Å². The summed E-state index contributed by atoms with van der Waals surface area (Å²) in [6, 6.07) is 17.6. The number of rotatable bonds is 7. The molecular weight excluding hydrogens is 472 g/mol. The number of halogens is 2. The first kappa shape index (κ1) is 20.1. The van der Waals surface area contributed by atoms with Crippen molar-refractivity contribution in [3.63, 3.8) is 0 Å². The quantitative estimate of drug-likeness (QED) is 0.311. The Morgan fingerprint density at radius 2 is 1.68 bits per heavy atom. The van der Waals surface area contributed by atoms with Crippen molar-refractivity contribution < 1.29 is 18.6 Å². The van der Waals surface area contributed by atoms with Gasteiger partial charge in [-0.05, 0) is 82.2 Å². The first-order valence-electron chi connectivity index (χ1n) is 8.52. The molecule has 3 aromatic carbocycles. The average molecular weight is 491 g/mol. The van der Waals surface area contributed by atoms with Crippen molar-refractivity contribution in [3.05, 3.63) is 81.2 Å². The lowest BCUT2D eigenvalue weighted by Crippen LogP contribution is -2.01. The molecule has 3 aromatic rings. The maximum Gasteiger partial charge on any atom is 0.174 e. The molecule has 3 rings (SSSR count). The van der Waals surface area contributed by atoms with E-state index in [9.17, 15) is 4.39 Å². The smallest absolute Gasteiger partial charge is 0.174 e. The summed E-state index contributed by atoms with van der Waals surface area (Å²) in [6.07, 6.45) is 1.77. The molecule has 0 aromatic heterocycles. The monoisotopic (exact) mass is 491 g/mol. The Balaban J connectivity index is 1.76. The minimum atomic E-state index is -0.267. The molecule has 0 saturated carbocycles. The second-order valence-corrected chi connectivity index (χ2v) is 7.07. The Bertz CT molecular complexity index is 957. The van der Waals surface area contributed by atoms with E-state index in [0.29, 0.717) is 18.1 Å². The van der Waals surface area contributed by atoms with Crippen molar-refractivity contribution >= 4 is 34.5 Å². The Hall–Kier alpha value is -2.61. The highest BCUT2D eigenvalue weighted by Gasteiger charge is 2.11. The van der Waals surface area contributed by atoms with Crippen LogP contribution in [0.15, 0.2) is 65.7 Å². The molecule has 0 saturated heterocycles. The topological polar surface area (TPSA) is 40.0 Å². The summed E-state index contributed by atoms with van der Waals surface area (Å²) in [5, 5.41) is 0. The highest BCUT2D eigenvalue weighted by atomic mass is 127. The lowest BCUT2D eigenvalue weighted by atomic mass is 10.2. The highest BCUT2D eigenvalue weighted by Crippen LogP contribution is 2.34. The van der Waals surface area contributed by atoms with Gasteiger partial charge in [0.2, 0.25) is 0 Å². The maximum atomic E-state index is 13.0. The summed E-state index contributed by atoms with van der Waals surface area (Å²) in [7, 11) is 3.23. The number of hydrogen-bond donors (Lipinski definition) is 0. The van der Waals surface area contributed by atoms with Crippen LogP contribution in [-0.2, 0) is 6.61 Å². The fourth-order valence-electron chi connectivity index (χ4n) is 2.51. The number of nitrogens with zero attached hydrogens (tertiary/aromatic N) is 1. The van der Waals surface area contributed by atoms with Gasteiger partial charge in [-0.2, -0.15) is 0 Å². The molecule has 0 amide bonds. The number of hydrogen-bond acceptors (Lipinski definition) is 4. The molecule has 0 aliphatic rings. The third-order valence-corrected chi connectivity index (χ3v) is 4.78. The van der Waals surface area contributed by atoms with Crippen LogP contribution in [0, 0.1) is 9.39 Å². The van der Waals surface area contributed by atoms with E-state index in [-0.39, 0.29) is 5.82 Å². The van der Waals surface area contributed by atoms with Gasteiger partial charge in [0.15, 0.2) is 11.5 Å². The van der Waals surface area contributed by atoms with Gasteiger partial charge in [-0.1, -0.05) is 12.1 Å². The number of methoxy groups -OCH3 is 2. The van der Waals surface area contributed by atoms with Gasteiger partial charge >= 0.3 is 0 Å². The van der Waals surface area contributed by atoms with Crippen LogP contribution in [0.2, 0.25) is 0 Å². The zero-order valence-corrected chi connectivity index (χ0v) is 17.6. The van der Waals surface area contributed by atoms with Crippen LogP contribution >= 0.6 is 22.6 Å². The van der Waals surface area contributed by atoms with Crippen LogP contribution in [0.25, 0.3) is 0 Å². The zero-order chi connectivity index (χ0) is 19.9. The van der Waals surface area contributed by atoms with Crippen LogP contribution in [0.1, 0.15) is 11.1 Å². The minimum Gasteiger partial charge on any atom is -0.497 e. The fourth-order valence-corrected chi connectivity index (χ4v) is 3.29. The van der Waals surface area contributed by atoms with Crippen LogP contribution in [0.3, 0.4) is 0 Å². The van der Waals surface area contributed by atoms with E-state index in [1.807, 2.05) is 36.4 Å². The summed E-state index contributed by atoms with van der Waals surface area (Å²) in [4.78, 5) is 4.48. The lowest BCUT2D eigenvalue weighted by Gasteiger charge is -2.13. The summed E-state index contributed by atoms with van der Waals surface area (Å²) in [5.41, 5.74) is 2.60. The molecule has 0 bridgehead atoms. The van der Waals surface area contributed by atoms with Crippen molar-refractivity contribution in [2.24, 2.45) is 4.99 Å². The van der Waals surface area contributed by atoms with Crippen molar-refractivity contribution in [2.45, 2.75) is 6.61 Å². The molecule has 0 fully saturated rings. The molecule has 0 N–H and O–H groups in total. The lowest BCUT2D eigenvalue weighted by molar-refractivity contribution is 0.282. The SMILES string of the molecule is COc1ccc(N=Cc2cc(I)c(OCc3ccc(F)cc3)c(OC)c2)cc1. The van der Waals surface area contributed by atoms with Crippen molar-refractivity contribution in [1.29, 1.82) is 0 Å². The van der Waals surface area contributed by atoms with E-state index in [4.69, 9.17) is 14.2 Å². The van der Waals surface area contributed by atoms with Crippen LogP contribution in [0.4, 0.5) is 10.1 Å². The summed E-state index contributed by atoms with van der Waals surface area (Å²) >= 11 is 2.20. The number of ether oxygens (including phenoxy) is 3. The van der Waals surface area contributed by atoms with Gasteiger partial charge in [0.05, 0.1) is 23.5 Å². The summed E-state index contributed by atoms with van der Waals surface area (Å²) in [5.74, 6) is 1.79. The number of benzene rings is 3. The largest absolute Gasteiger partial charge is 0.497 e. The Labute approximate surface area is 177 Å². The minimum absolute atomic E-state index is 0.267. The molecule has 6 heteroatoms. The number of aliphatic imine (C=N–C) groups is 1. The average Bonchev–Trinajstić information content (AvgIpc) is 2.72. The van der Waals surface area contributed by atoms with Gasteiger partial charge in [-0.25, -0.2) is 4.39 Å². The highest BCUT2D eigenvalue weighted by molar-refractivity contribution is 14.1. The summed E-state index contributed by atoms with van der Waals surface area (Å²) < 4.78 is 30.5. The van der Waals surface area contributed by atoms with Gasteiger partial charge in [0.25, 0.3) is 0 Å². The Morgan fingerprint density at radius 1 is 0.964 bits per heavy atom. The zero-order valence-electron chi connectivity index (χ0n) is 15.5. The van der Waals surface area contributed by atoms with E-state index in [1.54, 1.807) is 32.6 Å². The second-order valence-electron chi connectivity index (χ2n) is 5.91. The first-order valence-corrected chi connectivity index (χ1v) is 9.60. The van der Waals surface area contributed by atoms with Gasteiger partial charge in [0, 0.05) is 6.21 Å². The molecule has 0 spiro atoms. The second kappa shape index (κ2) is 9.54. The Kier molecular flexibility index (Phi) is 6.86. The predicted molar refractivity (Wildman–Crippen MR) is 117 cm³/mol. The molecule has 0 heterocycles. The van der Waals surface area contributed by atoms with E-state index >= 15 is 0 Å². The first-order chi connectivity index (χ1) is 13.6. The summed E-state index contributed by atoms with van der Waals surface area (Å²) in [6.45, 7) is 0.325. The van der Waals surface area contributed by atoms with E-state index < -0.39 is 0 Å². The molecule has 0 unspecified atom stereocenters. The molecule has 0 atom stereocenters. The van der Waals surface area contributed by atoms with Crippen LogP contribution in [0.5, 0.6) is 17.2 Å². The predicted octanol–water partition coefficient (Wildman–Crippen LogP) is 5.78. The third kappa shape index (κ3) is 5.22.